The summed E-state index contributed by atoms with van der Waals surface area (Å²) in [5.41, 5.74) is -0.447. The van der Waals surface area contributed by atoms with Crippen LogP contribution in [0.15, 0.2) is 42.6 Å². The van der Waals surface area contributed by atoms with E-state index in [-0.39, 0.29) is 5.82 Å². The fourth-order valence-electron chi connectivity index (χ4n) is 1.43. The zero-order valence-electron chi connectivity index (χ0n) is 9.91. The number of amides is 1. The van der Waals surface area contributed by atoms with Crippen LogP contribution in [0.1, 0.15) is 15.9 Å². The number of hydrogen-bond donors (Lipinski definition) is 1. The van der Waals surface area contributed by atoms with E-state index in [0.29, 0.717) is 11.8 Å². The zero-order chi connectivity index (χ0) is 14.8. The van der Waals surface area contributed by atoms with Gasteiger partial charge in [-0.25, -0.2) is 4.98 Å². The quantitative estimate of drug-likeness (QED) is 0.787. The molecule has 0 unspecified atom stereocenters. The molecule has 0 spiro atoms. The van der Waals surface area contributed by atoms with Gasteiger partial charge in [-0.2, -0.15) is 13.2 Å². The van der Waals surface area contributed by atoms with E-state index >= 15 is 0 Å². The molecule has 1 N–H and O–H groups in total. The molecule has 104 valence electrons. The molecule has 20 heavy (non-hydrogen) atoms. The van der Waals surface area contributed by atoms with E-state index < -0.39 is 17.6 Å². The van der Waals surface area contributed by atoms with Crippen molar-refractivity contribution in [3.63, 3.8) is 0 Å². The highest BCUT2D eigenvalue weighted by molar-refractivity contribution is 14.1. The van der Waals surface area contributed by atoms with Crippen LogP contribution in [0, 0.1) is 3.57 Å². The minimum absolute atomic E-state index is 0.0709. The van der Waals surface area contributed by atoms with Gasteiger partial charge in [-0.3, -0.25) is 4.79 Å². The van der Waals surface area contributed by atoms with E-state index in [1.165, 1.54) is 0 Å². The summed E-state index contributed by atoms with van der Waals surface area (Å²) < 4.78 is 38.0. The van der Waals surface area contributed by atoms with E-state index in [0.717, 1.165) is 15.7 Å². The molecule has 0 aliphatic rings. The predicted molar refractivity (Wildman–Crippen MR) is 76.4 cm³/mol. The smallest absolute Gasteiger partial charge is 0.307 e. The van der Waals surface area contributed by atoms with Crippen LogP contribution in [-0.2, 0) is 6.18 Å². The van der Waals surface area contributed by atoms with Gasteiger partial charge in [0.1, 0.15) is 5.82 Å². The number of carbonyl (C=O) groups is 1. The summed E-state index contributed by atoms with van der Waals surface area (Å²) in [6.07, 6.45) is -3.75. The first-order valence-corrected chi connectivity index (χ1v) is 6.54. The minimum atomic E-state index is -4.44. The van der Waals surface area contributed by atoms with Crippen LogP contribution in [0.3, 0.4) is 0 Å². The molecule has 1 aromatic heterocycles. The van der Waals surface area contributed by atoms with Crippen molar-refractivity contribution in [1.82, 2.24) is 4.98 Å². The number of pyridine rings is 1. The maximum absolute atomic E-state index is 12.4. The Bertz CT molecular complexity index is 609. The second kappa shape index (κ2) is 5.78. The topological polar surface area (TPSA) is 42.0 Å². The number of rotatable bonds is 2. The number of alkyl halides is 3. The first-order valence-electron chi connectivity index (χ1n) is 5.46. The van der Waals surface area contributed by atoms with Gasteiger partial charge in [-0.15, -0.1) is 0 Å². The molecule has 0 fully saturated rings. The van der Waals surface area contributed by atoms with Gasteiger partial charge in [0.2, 0.25) is 0 Å². The van der Waals surface area contributed by atoms with E-state index in [9.17, 15) is 18.0 Å². The molecule has 0 radical (unpaired) electrons. The summed E-state index contributed by atoms with van der Waals surface area (Å²) in [6.45, 7) is 0. The van der Waals surface area contributed by atoms with E-state index in [2.05, 4.69) is 32.9 Å². The lowest BCUT2D eigenvalue weighted by Crippen LogP contribution is -2.13. The number of aromatic nitrogens is 1. The number of hydrogen-bond acceptors (Lipinski definition) is 2. The third kappa shape index (κ3) is 3.69. The van der Waals surface area contributed by atoms with Gasteiger partial charge in [0.05, 0.1) is 5.56 Å². The van der Waals surface area contributed by atoms with Crippen LogP contribution < -0.4 is 5.32 Å². The van der Waals surface area contributed by atoms with Gasteiger partial charge >= 0.3 is 6.18 Å². The number of halogens is 4. The average molecular weight is 392 g/mol. The number of anilines is 1. The summed E-state index contributed by atoms with van der Waals surface area (Å²) in [4.78, 5) is 15.4. The van der Waals surface area contributed by atoms with Crippen LogP contribution in [0.5, 0.6) is 0 Å². The molecule has 0 aliphatic heterocycles. The summed E-state index contributed by atoms with van der Waals surface area (Å²) in [5.74, 6) is -0.352. The fraction of sp³-hybridized carbons (Fsp3) is 0.0769. The van der Waals surface area contributed by atoms with Crippen LogP contribution in [0.25, 0.3) is 0 Å². The second-order valence-electron chi connectivity index (χ2n) is 3.89. The van der Waals surface area contributed by atoms with Crippen molar-refractivity contribution >= 4 is 34.3 Å². The number of benzene rings is 1. The van der Waals surface area contributed by atoms with Crippen molar-refractivity contribution in [3.05, 3.63) is 57.3 Å². The second-order valence-corrected chi connectivity index (χ2v) is 5.14. The minimum Gasteiger partial charge on any atom is -0.307 e. The summed E-state index contributed by atoms with van der Waals surface area (Å²) in [5, 5.41) is 2.44. The Kier molecular flexibility index (Phi) is 4.26. The lowest BCUT2D eigenvalue weighted by atomic mass is 10.2. The van der Waals surface area contributed by atoms with Gasteiger partial charge in [0, 0.05) is 15.3 Å². The van der Waals surface area contributed by atoms with Gasteiger partial charge in [-0.05, 0) is 59.0 Å². The molecule has 1 amide bonds. The van der Waals surface area contributed by atoms with Gasteiger partial charge in [0.15, 0.2) is 0 Å². The highest BCUT2D eigenvalue weighted by atomic mass is 127. The molecule has 1 aromatic carbocycles. The Morgan fingerprint density at radius 2 is 1.75 bits per heavy atom. The molecule has 1 heterocycles. The normalized spacial score (nSPS) is 11.2. The highest BCUT2D eigenvalue weighted by Crippen LogP contribution is 2.28. The summed E-state index contributed by atoms with van der Waals surface area (Å²) >= 11 is 2.10. The first-order chi connectivity index (χ1) is 9.36. The Hall–Kier alpha value is -1.64. The van der Waals surface area contributed by atoms with E-state index in [4.69, 9.17) is 0 Å². The third-order valence-corrected chi connectivity index (χ3v) is 3.16. The maximum Gasteiger partial charge on any atom is 0.417 e. The summed E-state index contributed by atoms with van der Waals surface area (Å²) in [6, 6.07) is 8.76. The lowest BCUT2D eigenvalue weighted by molar-refractivity contribution is -0.137. The van der Waals surface area contributed by atoms with Crippen LogP contribution in [0.2, 0.25) is 0 Å². The van der Waals surface area contributed by atoms with Crippen molar-refractivity contribution in [2.75, 3.05) is 5.32 Å². The zero-order valence-corrected chi connectivity index (χ0v) is 12.1. The number of nitrogens with one attached hydrogen (secondary N) is 1. The predicted octanol–water partition coefficient (Wildman–Crippen LogP) is 3.96. The number of carbonyl (C=O) groups excluding carboxylic acids is 1. The largest absolute Gasteiger partial charge is 0.417 e. The van der Waals surface area contributed by atoms with Crippen molar-refractivity contribution in [2.24, 2.45) is 0 Å². The van der Waals surface area contributed by atoms with E-state index in [1.807, 2.05) is 0 Å². The van der Waals surface area contributed by atoms with E-state index in [1.54, 1.807) is 24.3 Å². The molecule has 0 saturated heterocycles. The van der Waals surface area contributed by atoms with Crippen molar-refractivity contribution < 1.29 is 18.0 Å². The monoisotopic (exact) mass is 392 g/mol. The molecule has 7 heteroatoms. The van der Waals surface area contributed by atoms with Crippen molar-refractivity contribution in [3.8, 4) is 0 Å². The Labute approximate surface area is 126 Å². The molecule has 3 nitrogen and oxygen atoms in total. The van der Waals surface area contributed by atoms with Gasteiger partial charge in [-0.1, -0.05) is 0 Å². The maximum atomic E-state index is 12.4. The molecule has 2 rings (SSSR count). The highest BCUT2D eigenvalue weighted by Gasteiger charge is 2.30. The van der Waals surface area contributed by atoms with Gasteiger partial charge < -0.3 is 5.32 Å². The Morgan fingerprint density at radius 3 is 2.25 bits per heavy atom. The lowest BCUT2D eigenvalue weighted by Gasteiger charge is -2.08. The average Bonchev–Trinajstić information content (AvgIpc) is 2.39. The van der Waals surface area contributed by atoms with Crippen molar-refractivity contribution in [2.45, 2.75) is 6.18 Å². The third-order valence-electron chi connectivity index (χ3n) is 2.44. The first kappa shape index (κ1) is 14.8. The molecule has 0 atom stereocenters. The van der Waals surface area contributed by atoms with Crippen LogP contribution in [0.4, 0.5) is 19.0 Å². The van der Waals surface area contributed by atoms with Gasteiger partial charge in [0.25, 0.3) is 5.91 Å². The molecular weight excluding hydrogens is 384 g/mol. The Morgan fingerprint density at radius 1 is 1.10 bits per heavy atom. The number of nitrogens with zero attached hydrogens (tertiary/aromatic N) is 1. The molecule has 0 saturated carbocycles. The SMILES string of the molecule is O=C(Nc1ccc(C(F)(F)F)cn1)c1ccc(I)cc1. The molecule has 2 aromatic rings. The standard InChI is InChI=1S/C13H8F3IN2O/c14-13(15,16)9-3-6-11(18-7-9)19-12(20)8-1-4-10(17)5-2-8/h1-7H,(H,18,19,20). The molecule has 0 aliphatic carbocycles. The summed E-state index contributed by atoms with van der Waals surface area (Å²) in [7, 11) is 0. The molecular formula is C13H8F3IN2O. The van der Waals surface area contributed by atoms with Crippen molar-refractivity contribution in [1.29, 1.82) is 0 Å². The fourth-order valence-corrected chi connectivity index (χ4v) is 1.78. The van der Waals surface area contributed by atoms with Crippen LogP contribution >= 0.6 is 22.6 Å². The molecule has 0 bridgehead atoms. The Balaban J connectivity index is 2.10. The van der Waals surface area contributed by atoms with Crippen LogP contribution in [-0.4, -0.2) is 10.9 Å².